The van der Waals surface area contributed by atoms with Gasteiger partial charge in [-0.05, 0) is 69.7 Å². The Kier molecular flexibility index (Phi) is 8.49. The number of hydrogen-bond donors (Lipinski definition) is 3. The Bertz CT molecular complexity index is 1730. The zero-order valence-corrected chi connectivity index (χ0v) is 26.6. The summed E-state index contributed by atoms with van der Waals surface area (Å²) in [6.45, 7) is 3.35. The molecule has 2 aliphatic carbocycles. The molecule has 2 fully saturated rings. The smallest absolute Gasteiger partial charge is 0.251 e. The number of nitrogens with zero attached hydrogens (tertiary/aromatic N) is 3. The van der Waals surface area contributed by atoms with Crippen LogP contribution in [0.5, 0.6) is 17.4 Å². The van der Waals surface area contributed by atoms with Gasteiger partial charge in [-0.25, -0.2) is 14.4 Å². The van der Waals surface area contributed by atoms with Gasteiger partial charge >= 0.3 is 0 Å². The highest BCUT2D eigenvalue weighted by molar-refractivity contribution is 6.34. The van der Waals surface area contributed by atoms with E-state index in [4.69, 9.17) is 42.3 Å². The van der Waals surface area contributed by atoms with Gasteiger partial charge in [-0.3, -0.25) is 14.6 Å². The van der Waals surface area contributed by atoms with Crippen molar-refractivity contribution in [2.45, 2.75) is 63.3 Å². The lowest BCUT2D eigenvalue weighted by molar-refractivity contribution is -0.123. The predicted octanol–water partition coefficient (Wildman–Crippen LogP) is 4.72. The van der Waals surface area contributed by atoms with Gasteiger partial charge in [0.25, 0.3) is 5.91 Å². The maximum atomic E-state index is 13.6. The number of rotatable bonds is 12. The van der Waals surface area contributed by atoms with Crippen LogP contribution in [0.2, 0.25) is 5.02 Å². The van der Waals surface area contributed by atoms with Crippen LogP contribution in [0.4, 0.5) is 10.1 Å². The van der Waals surface area contributed by atoms with Crippen LogP contribution in [-0.2, 0) is 10.2 Å². The highest BCUT2D eigenvalue weighted by atomic mass is 35.5. The summed E-state index contributed by atoms with van der Waals surface area (Å²) in [4.78, 5) is 39.3. The first kappa shape index (κ1) is 31.5. The van der Waals surface area contributed by atoms with E-state index in [0.717, 1.165) is 25.7 Å². The van der Waals surface area contributed by atoms with E-state index in [2.05, 4.69) is 15.3 Å². The maximum Gasteiger partial charge on any atom is 0.251 e. The van der Waals surface area contributed by atoms with Crippen LogP contribution in [0.3, 0.4) is 0 Å². The van der Waals surface area contributed by atoms with Crippen LogP contribution in [0.1, 0.15) is 72.6 Å². The number of nitrogen functional groups attached to an aromatic ring is 1. The summed E-state index contributed by atoms with van der Waals surface area (Å²) in [5, 5.41) is 3.30. The monoisotopic (exact) mass is 650 g/mol. The fourth-order valence-corrected chi connectivity index (χ4v) is 5.86. The SMILES string of the molecule is COc1nccc(-c2nc([C@@H](CNC(=O)c3cc(/C=N/C(C)F)c(N)c(OC4CC4)c3)C3CC3)cc3c2OC[C@]3(C)C(N)=O)c1Cl. The van der Waals surface area contributed by atoms with Gasteiger partial charge in [0, 0.05) is 52.8 Å². The van der Waals surface area contributed by atoms with E-state index < -0.39 is 17.6 Å². The lowest BCUT2D eigenvalue weighted by Gasteiger charge is -2.22. The third kappa shape index (κ3) is 6.18. The molecule has 5 N–H and O–H groups in total. The van der Waals surface area contributed by atoms with Crippen molar-refractivity contribution < 1.29 is 28.2 Å². The molecule has 2 amide bonds. The average molecular weight is 651 g/mol. The molecule has 242 valence electrons. The Morgan fingerprint density at radius 2 is 2.04 bits per heavy atom. The number of benzene rings is 1. The summed E-state index contributed by atoms with van der Waals surface area (Å²) in [6.07, 6.45) is 5.18. The zero-order valence-electron chi connectivity index (χ0n) is 25.8. The van der Waals surface area contributed by atoms with E-state index in [1.165, 1.54) is 20.2 Å². The van der Waals surface area contributed by atoms with Crippen molar-refractivity contribution in [2.24, 2.45) is 16.6 Å². The van der Waals surface area contributed by atoms with Crippen LogP contribution in [0.25, 0.3) is 11.3 Å². The zero-order chi connectivity index (χ0) is 32.7. The molecular formula is C33H36ClFN6O5. The number of hydrogen-bond acceptors (Lipinski definition) is 9. The fraction of sp³-hybridized carbons (Fsp3) is 0.424. The highest BCUT2D eigenvalue weighted by Crippen LogP contribution is 2.49. The Labute approximate surface area is 270 Å². The van der Waals surface area contributed by atoms with Crippen molar-refractivity contribution in [2.75, 3.05) is 26.0 Å². The number of carbonyl (C=O) groups is 2. The summed E-state index contributed by atoms with van der Waals surface area (Å²) in [5.74, 6) is 0.166. The van der Waals surface area contributed by atoms with Crippen LogP contribution < -0.4 is 31.0 Å². The molecule has 2 saturated carbocycles. The third-order valence-corrected chi connectivity index (χ3v) is 9.03. The van der Waals surface area contributed by atoms with E-state index in [1.54, 1.807) is 31.3 Å². The summed E-state index contributed by atoms with van der Waals surface area (Å²) in [7, 11) is 1.47. The molecule has 0 spiro atoms. The molecule has 0 radical (unpaired) electrons. The minimum Gasteiger partial charge on any atom is -0.489 e. The van der Waals surface area contributed by atoms with Gasteiger partial charge in [0.05, 0.1) is 18.9 Å². The van der Waals surface area contributed by atoms with E-state index in [-0.39, 0.29) is 47.9 Å². The van der Waals surface area contributed by atoms with Gasteiger partial charge in [-0.1, -0.05) is 11.6 Å². The van der Waals surface area contributed by atoms with Crippen LogP contribution >= 0.6 is 11.6 Å². The van der Waals surface area contributed by atoms with Gasteiger partial charge in [-0.15, -0.1) is 0 Å². The van der Waals surface area contributed by atoms with Gasteiger partial charge in [-0.2, -0.15) is 0 Å². The van der Waals surface area contributed by atoms with Crippen molar-refractivity contribution in [3.8, 4) is 28.6 Å². The minimum atomic E-state index is -1.43. The number of anilines is 1. The summed E-state index contributed by atoms with van der Waals surface area (Å²) in [6, 6.07) is 6.74. The maximum absolute atomic E-state index is 13.6. The number of nitrogens with one attached hydrogen (secondary N) is 1. The average Bonchev–Trinajstić information content (AvgIpc) is 3.97. The first-order valence-corrected chi connectivity index (χ1v) is 15.6. The summed E-state index contributed by atoms with van der Waals surface area (Å²) >= 11 is 6.69. The van der Waals surface area contributed by atoms with Crippen molar-refractivity contribution in [1.29, 1.82) is 0 Å². The minimum absolute atomic E-state index is 0.0359. The topological polar surface area (TPSA) is 164 Å². The largest absolute Gasteiger partial charge is 0.489 e. The van der Waals surface area contributed by atoms with E-state index in [9.17, 15) is 14.0 Å². The Hall–Kier alpha value is -4.45. The molecule has 3 atom stereocenters. The normalized spacial score (nSPS) is 20.1. The number of methoxy groups -OCH3 is 1. The molecule has 11 nitrogen and oxygen atoms in total. The van der Waals surface area contributed by atoms with Crippen LogP contribution in [-0.4, -0.2) is 60.7 Å². The van der Waals surface area contributed by atoms with Crippen molar-refractivity contribution in [1.82, 2.24) is 15.3 Å². The predicted molar refractivity (Wildman–Crippen MR) is 172 cm³/mol. The Morgan fingerprint density at radius 1 is 1.28 bits per heavy atom. The van der Waals surface area contributed by atoms with Crippen LogP contribution in [0, 0.1) is 5.92 Å². The number of pyridine rings is 2. The molecule has 0 saturated heterocycles. The number of primary amides is 1. The number of aliphatic imine (C=N–C) groups is 1. The molecule has 46 heavy (non-hydrogen) atoms. The molecule has 1 unspecified atom stereocenters. The second-order valence-electron chi connectivity index (χ2n) is 12.2. The first-order chi connectivity index (χ1) is 22.0. The number of nitrogens with two attached hydrogens (primary N) is 2. The molecule has 6 rings (SSSR count). The van der Waals surface area contributed by atoms with Crippen molar-refractivity contribution in [3.63, 3.8) is 0 Å². The number of halogens is 2. The van der Waals surface area contributed by atoms with Gasteiger partial charge < -0.3 is 31.0 Å². The number of ether oxygens (including phenoxy) is 3. The van der Waals surface area contributed by atoms with E-state index in [0.29, 0.717) is 50.8 Å². The van der Waals surface area contributed by atoms with Gasteiger partial charge in [0.2, 0.25) is 11.8 Å². The van der Waals surface area contributed by atoms with E-state index in [1.807, 2.05) is 6.07 Å². The molecule has 3 aliphatic rings. The van der Waals surface area contributed by atoms with E-state index >= 15 is 0 Å². The lowest BCUT2D eigenvalue weighted by atomic mass is 9.82. The molecular weight excluding hydrogens is 615 g/mol. The second kappa shape index (κ2) is 12.4. The number of amides is 2. The Balaban J connectivity index is 1.35. The van der Waals surface area contributed by atoms with Gasteiger partial charge in [0.15, 0.2) is 6.30 Å². The standard InChI is InChI=1S/C33H36ClFN6O5/c1-16(35)39-13-19-10-18(11-25(27(19)36)46-20-6-7-20)30(42)40-14-22(17-4-5-17)24-12-23-29(45-15-33(23,2)32(37)43)28(41-24)21-8-9-38-31(44-3)26(21)34/h8-13,16-17,20,22H,4-7,14-15,36H2,1-3H3,(H2,37,43)(H,40,42)/b39-13+/t16?,22-,33-/m0/s1. The quantitative estimate of drug-likeness (QED) is 0.144. The number of aromatic nitrogens is 2. The number of carbonyl (C=O) groups excluding carboxylic acids is 2. The molecule has 0 bridgehead atoms. The fourth-order valence-electron chi connectivity index (χ4n) is 5.58. The van der Waals surface area contributed by atoms with Gasteiger partial charge in [0.1, 0.15) is 34.2 Å². The lowest BCUT2D eigenvalue weighted by Crippen LogP contribution is -2.40. The molecule has 1 aromatic carbocycles. The third-order valence-electron chi connectivity index (χ3n) is 8.67. The van der Waals surface area contributed by atoms with Crippen molar-refractivity contribution >= 4 is 35.3 Å². The highest BCUT2D eigenvalue weighted by Gasteiger charge is 2.45. The second-order valence-corrected chi connectivity index (χ2v) is 12.6. The molecule has 3 aromatic rings. The van der Waals surface area contributed by atoms with Crippen LogP contribution in [0.15, 0.2) is 35.5 Å². The Morgan fingerprint density at radius 3 is 2.70 bits per heavy atom. The molecule has 3 heterocycles. The molecule has 2 aromatic heterocycles. The van der Waals surface area contributed by atoms with Crippen molar-refractivity contribution in [3.05, 3.63) is 57.9 Å². The summed E-state index contributed by atoms with van der Waals surface area (Å²) < 4.78 is 30.9. The molecule has 13 heteroatoms. The first-order valence-electron chi connectivity index (χ1n) is 15.2. The summed E-state index contributed by atoms with van der Waals surface area (Å²) in [5.41, 5.74) is 14.3. The number of fused-ring (bicyclic) bond motifs is 1. The number of alkyl halides is 1. The molecule has 1 aliphatic heterocycles.